The zero-order valence-electron chi connectivity index (χ0n) is 13.1. The highest BCUT2D eigenvalue weighted by Gasteiger charge is 2.49. The first-order valence-corrected chi connectivity index (χ1v) is 7.71. The average molecular weight is 340 g/mol. The van der Waals surface area contributed by atoms with E-state index in [1.807, 2.05) is 0 Å². The maximum atomic E-state index is 12.7. The molecule has 1 N–H and O–H groups in total. The van der Waals surface area contributed by atoms with Crippen molar-refractivity contribution in [2.45, 2.75) is 38.0 Å². The van der Waals surface area contributed by atoms with Gasteiger partial charge in [-0.1, -0.05) is 12.1 Å². The van der Waals surface area contributed by atoms with Crippen LogP contribution in [0.2, 0.25) is 0 Å². The second kappa shape index (κ2) is 6.35. The summed E-state index contributed by atoms with van der Waals surface area (Å²) in [6.45, 7) is -0.475. The van der Waals surface area contributed by atoms with Crippen LogP contribution in [0.15, 0.2) is 24.3 Å². The quantitative estimate of drug-likeness (QED) is 0.835. The van der Waals surface area contributed by atoms with Crippen molar-refractivity contribution < 1.29 is 27.8 Å². The normalized spacial score (nSPS) is 27.0. The zero-order valence-corrected chi connectivity index (χ0v) is 13.1. The topological polar surface area (TPSA) is 67.9 Å². The van der Waals surface area contributed by atoms with Crippen molar-refractivity contribution in [3.05, 3.63) is 29.8 Å². The van der Waals surface area contributed by atoms with Gasteiger partial charge in [-0.2, -0.15) is 8.78 Å². The highest BCUT2D eigenvalue weighted by Crippen LogP contribution is 2.31. The number of halogens is 2. The fraction of sp³-hybridized carbons (Fsp3) is 0.500. The molecule has 2 aliphatic rings. The van der Waals surface area contributed by atoms with Crippen LogP contribution in [0.3, 0.4) is 0 Å². The Bertz CT molecular complexity index is 631. The summed E-state index contributed by atoms with van der Waals surface area (Å²) in [5, 5.41) is 2.67. The van der Waals surface area contributed by atoms with Crippen LogP contribution in [0.5, 0.6) is 5.75 Å². The molecule has 0 saturated carbocycles. The second-order valence-corrected chi connectivity index (χ2v) is 6.01. The first-order valence-electron chi connectivity index (χ1n) is 7.71. The van der Waals surface area contributed by atoms with E-state index in [0.717, 1.165) is 17.7 Å². The molecular weight excluding hydrogens is 322 g/mol. The van der Waals surface area contributed by atoms with E-state index in [2.05, 4.69) is 10.1 Å². The van der Waals surface area contributed by atoms with Gasteiger partial charge in [0, 0.05) is 6.61 Å². The van der Waals surface area contributed by atoms with Crippen molar-refractivity contribution in [3.8, 4) is 5.75 Å². The third-order valence-electron chi connectivity index (χ3n) is 4.34. The summed E-state index contributed by atoms with van der Waals surface area (Å²) in [6, 6.07) is 5.19. The molecule has 0 bridgehead atoms. The highest BCUT2D eigenvalue weighted by atomic mass is 19.3. The number of nitrogens with zero attached hydrogens (tertiary/aromatic N) is 1. The van der Waals surface area contributed by atoms with Gasteiger partial charge >= 0.3 is 12.6 Å². The van der Waals surface area contributed by atoms with Gasteiger partial charge in [-0.3, -0.25) is 9.69 Å². The smallest absolute Gasteiger partial charge is 0.387 e. The van der Waals surface area contributed by atoms with Crippen LogP contribution in [-0.4, -0.2) is 42.7 Å². The molecule has 0 spiro atoms. The van der Waals surface area contributed by atoms with Crippen LogP contribution in [0, 0.1) is 0 Å². The number of alkyl halides is 2. The summed E-state index contributed by atoms with van der Waals surface area (Å²) < 4.78 is 34.2. The molecule has 2 atom stereocenters. The molecule has 130 valence electrons. The minimum atomic E-state index is -2.92. The van der Waals surface area contributed by atoms with E-state index in [4.69, 9.17) is 4.74 Å². The van der Waals surface area contributed by atoms with E-state index in [9.17, 15) is 18.4 Å². The predicted octanol–water partition coefficient (Wildman–Crippen LogP) is 2.23. The largest absolute Gasteiger partial charge is 0.435 e. The van der Waals surface area contributed by atoms with E-state index >= 15 is 0 Å². The van der Waals surface area contributed by atoms with E-state index in [0.29, 0.717) is 12.2 Å². The number of hydrogen-bond acceptors (Lipinski definition) is 4. The van der Waals surface area contributed by atoms with Crippen LogP contribution in [0.25, 0.3) is 0 Å². The molecule has 24 heavy (non-hydrogen) atoms. The lowest BCUT2D eigenvalue weighted by Gasteiger charge is -2.23. The van der Waals surface area contributed by atoms with Gasteiger partial charge in [0.05, 0.1) is 12.6 Å². The average Bonchev–Trinajstić information content (AvgIpc) is 3.11. The third kappa shape index (κ3) is 3.06. The Morgan fingerprint density at radius 3 is 2.67 bits per heavy atom. The molecule has 2 heterocycles. The summed E-state index contributed by atoms with van der Waals surface area (Å²) in [5.41, 5.74) is -0.740. The van der Waals surface area contributed by atoms with Crippen LogP contribution < -0.4 is 10.1 Å². The predicted molar refractivity (Wildman–Crippen MR) is 79.6 cm³/mol. The molecule has 0 radical (unpaired) electrons. The van der Waals surface area contributed by atoms with E-state index in [1.54, 1.807) is 6.92 Å². The van der Waals surface area contributed by atoms with Crippen LogP contribution in [0.4, 0.5) is 13.6 Å². The second-order valence-electron chi connectivity index (χ2n) is 6.01. The summed E-state index contributed by atoms with van der Waals surface area (Å²) in [6.07, 6.45) is 1.59. The van der Waals surface area contributed by atoms with E-state index in [1.165, 1.54) is 24.3 Å². The van der Waals surface area contributed by atoms with Crippen molar-refractivity contribution in [3.63, 3.8) is 0 Å². The lowest BCUT2D eigenvalue weighted by Crippen LogP contribution is -2.42. The minimum absolute atomic E-state index is 0.00895. The number of nitrogens with one attached hydrogen (secondary N) is 1. The zero-order chi connectivity index (χ0) is 17.3. The number of urea groups is 1. The fourth-order valence-electron chi connectivity index (χ4n) is 3.02. The van der Waals surface area contributed by atoms with Gasteiger partial charge in [-0.15, -0.1) is 0 Å². The first-order chi connectivity index (χ1) is 11.4. The van der Waals surface area contributed by atoms with Crippen molar-refractivity contribution >= 4 is 11.9 Å². The molecule has 3 rings (SSSR count). The highest BCUT2D eigenvalue weighted by molar-refractivity contribution is 6.07. The molecule has 8 heteroatoms. The van der Waals surface area contributed by atoms with Crippen molar-refractivity contribution in [2.75, 3.05) is 13.2 Å². The molecule has 1 aromatic rings. The summed E-state index contributed by atoms with van der Waals surface area (Å²) in [7, 11) is 0. The monoisotopic (exact) mass is 340 g/mol. The maximum absolute atomic E-state index is 12.7. The lowest BCUT2D eigenvalue weighted by atomic mass is 9.92. The number of hydrogen-bond donors (Lipinski definition) is 1. The van der Waals surface area contributed by atoms with Crippen molar-refractivity contribution in [2.24, 2.45) is 0 Å². The Hall–Kier alpha value is -2.22. The molecular formula is C16H18F2N2O4. The number of ether oxygens (including phenoxy) is 2. The number of carbonyl (C=O) groups excluding carboxylic acids is 2. The summed E-state index contributed by atoms with van der Waals surface area (Å²) >= 11 is 0. The van der Waals surface area contributed by atoms with Crippen molar-refractivity contribution in [1.82, 2.24) is 10.2 Å². The number of imide groups is 1. The molecule has 0 aliphatic carbocycles. The summed E-state index contributed by atoms with van der Waals surface area (Å²) in [4.78, 5) is 26.1. The Morgan fingerprint density at radius 1 is 1.38 bits per heavy atom. The molecule has 2 aliphatic heterocycles. The van der Waals surface area contributed by atoms with Gasteiger partial charge < -0.3 is 14.8 Å². The number of benzene rings is 1. The number of carbonyl (C=O) groups is 2. The Balaban J connectivity index is 1.76. The molecule has 2 saturated heterocycles. The maximum Gasteiger partial charge on any atom is 0.387 e. The van der Waals surface area contributed by atoms with Crippen LogP contribution in [-0.2, 0) is 15.1 Å². The van der Waals surface area contributed by atoms with Gasteiger partial charge in [-0.25, -0.2) is 4.79 Å². The Kier molecular flexibility index (Phi) is 4.40. The lowest BCUT2D eigenvalue weighted by molar-refractivity contribution is -0.132. The standard InChI is InChI=1S/C16H18F2N2O4/c1-16(10-4-6-11(7-5-10)24-14(17)18)13(21)20(15(22)19-16)9-12-3-2-8-23-12/h4-7,12,14H,2-3,8-9H2,1H3,(H,19,22). The van der Waals surface area contributed by atoms with Gasteiger partial charge in [0.1, 0.15) is 11.3 Å². The molecule has 3 amide bonds. The third-order valence-corrected chi connectivity index (χ3v) is 4.34. The van der Waals surface area contributed by atoms with Gasteiger partial charge in [-0.05, 0) is 37.5 Å². The number of rotatable bonds is 5. The first kappa shape index (κ1) is 16.6. The molecule has 0 aromatic heterocycles. The van der Waals surface area contributed by atoms with E-state index < -0.39 is 18.2 Å². The SMILES string of the molecule is CC1(c2ccc(OC(F)F)cc2)NC(=O)N(CC2CCCO2)C1=O. The van der Waals surface area contributed by atoms with Gasteiger partial charge in [0.15, 0.2) is 0 Å². The Morgan fingerprint density at radius 2 is 2.08 bits per heavy atom. The van der Waals surface area contributed by atoms with Crippen molar-refractivity contribution in [1.29, 1.82) is 0 Å². The van der Waals surface area contributed by atoms with Crippen LogP contribution >= 0.6 is 0 Å². The molecule has 2 fully saturated rings. The molecule has 2 unspecified atom stereocenters. The van der Waals surface area contributed by atoms with E-state index in [-0.39, 0.29) is 24.3 Å². The Labute approximate surface area is 137 Å². The number of amides is 3. The molecule has 1 aromatic carbocycles. The fourth-order valence-corrected chi connectivity index (χ4v) is 3.02. The van der Waals surface area contributed by atoms with Gasteiger partial charge in [0.25, 0.3) is 5.91 Å². The summed E-state index contributed by atoms with van der Waals surface area (Å²) in [5.74, 6) is -0.393. The molecule has 6 nitrogen and oxygen atoms in total. The van der Waals surface area contributed by atoms with Gasteiger partial charge in [0.2, 0.25) is 0 Å². The van der Waals surface area contributed by atoms with Crippen LogP contribution in [0.1, 0.15) is 25.3 Å². The minimum Gasteiger partial charge on any atom is -0.435 e.